The lowest BCUT2D eigenvalue weighted by molar-refractivity contribution is -0.140. The molecule has 2 N–H and O–H groups in total. The third-order valence-electron chi connectivity index (χ3n) is 4.06. The van der Waals surface area contributed by atoms with Crippen molar-refractivity contribution in [3.05, 3.63) is 12.7 Å². The zero-order valence-corrected chi connectivity index (χ0v) is 12.2. The van der Waals surface area contributed by atoms with Gasteiger partial charge in [-0.1, -0.05) is 0 Å². The number of rotatable bonds is 6. The number of aliphatic hydroxyl groups is 1. The molecule has 3 heterocycles. The van der Waals surface area contributed by atoms with Gasteiger partial charge < -0.3 is 20.0 Å². The highest BCUT2D eigenvalue weighted by Crippen LogP contribution is 2.29. The molecule has 2 aromatic rings. The number of anilines is 1. The fraction of sp³-hybridized carbons (Fsp3) is 0.643. The first kappa shape index (κ1) is 13.7. The van der Waals surface area contributed by atoms with Crippen LogP contribution in [-0.4, -0.2) is 50.3 Å². The van der Waals surface area contributed by atoms with Gasteiger partial charge in [-0.3, -0.25) is 0 Å². The Labute approximate surface area is 127 Å². The summed E-state index contributed by atoms with van der Waals surface area (Å²) in [7, 11) is 0. The van der Waals surface area contributed by atoms with Crippen LogP contribution in [0.4, 0.5) is 5.82 Å². The highest BCUT2D eigenvalue weighted by Gasteiger charge is 2.27. The molecule has 0 unspecified atom stereocenters. The van der Waals surface area contributed by atoms with E-state index in [0.29, 0.717) is 11.2 Å². The molecule has 1 saturated carbocycles. The van der Waals surface area contributed by atoms with Crippen molar-refractivity contribution in [3.63, 3.8) is 0 Å². The number of aliphatic hydroxyl groups excluding tert-OH is 1. The van der Waals surface area contributed by atoms with Gasteiger partial charge in [0.2, 0.25) is 11.9 Å². The molecule has 0 bridgehead atoms. The minimum atomic E-state index is -0.382. The van der Waals surface area contributed by atoms with E-state index in [9.17, 15) is 0 Å². The summed E-state index contributed by atoms with van der Waals surface area (Å²) in [6.07, 6.45) is 6.65. The van der Waals surface area contributed by atoms with Gasteiger partial charge in [-0.2, -0.15) is 0 Å². The van der Waals surface area contributed by atoms with Gasteiger partial charge in [0.25, 0.3) is 0 Å². The normalized spacial score (nSPS) is 24.8. The molecular weight excluding hydrogens is 286 g/mol. The molecule has 0 radical (unpaired) electrons. The van der Waals surface area contributed by atoms with Gasteiger partial charge >= 0.3 is 0 Å². The van der Waals surface area contributed by atoms with E-state index in [4.69, 9.17) is 14.7 Å². The lowest BCUT2D eigenvalue weighted by Crippen LogP contribution is -2.26. The highest BCUT2D eigenvalue weighted by molar-refractivity contribution is 5.82. The van der Waals surface area contributed by atoms with E-state index in [1.165, 1.54) is 23.9 Å². The zero-order chi connectivity index (χ0) is 14.9. The number of hydrogen-bond donors (Lipinski definition) is 2. The maximum absolute atomic E-state index is 9.10. The van der Waals surface area contributed by atoms with Crippen LogP contribution >= 0.6 is 0 Å². The molecule has 4 rings (SSSR count). The molecule has 2 atom stereocenters. The minimum absolute atomic E-state index is 0.0158. The summed E-state index contributed by atoms with van der Waals surface area (Å²) in [6.45, 7) is 0.936. The molecule has 0 aromatic carbocycles. The smallest absolute Gasteiger partial charge is 0.225 e. The van der Waals surface area contributed by atoms with E-state index >= 15 is 0 Å². The number of aromatic nitrogens is 4. The highest BCUT2D eigenvalue weighted by atomic mass is 16.8. The van der Waals surface area contributed by atoms with E-state index in [0.717, 1.165) is 31.1 Å². The van der Waals surface area contributed by atoms with Gasteiger partial charge in [-0.15, -0.1) is 4.73 Å². The summed E-state index contributed by atoms with van der Waals surface area (Å²) >= 11 is 0. The number of ether oxygens (including phenoxy) is 1. The minimum Gasteiger partial charge on any atom is -0.394 e. The summed E-state index contributed by atoms with van der Waals surface area (Å²) < 4.78 is 7.09. The Morgan fingerprint density at radius 2 is 2.18 bits per heavy atom. The van der Waals surface area contributed by atoms with E-state index in [2.05, 4.69) is 20.3 Å². The average Bonchev–Trinajstić information content (AvgIpc) is 3.11. The van der Waals surface area contributed by atoms with Crippen LogP contribution in [0.15, 0.2) is 12.7 Å². The fourth-order valence-corrected chi connectivity index (χ4v) is 2.60. The van der Waals surface area contributed by atoms with Gasteiger partial charge in [0.1, 0.15) is 12.7 Å². The second kappa shape index (κ2) is 5.69. The van der Waals surface area contributed by atoms with Crippen molar-refractivity contribution >= 4 is 17.0 Å². The monoisotopic (exact) mass is 305 g/mol. The van der Waals surface area contributed by atoms with Crippen molar-refractivity contribution in [2.24, 2.45) is 5.92 Å². The van der Waals surface area contributed by atoms with Gasteiger partial charge in [0, 0.05) is 13.0 Å². The topological polar surface area (TPSA) is 94.3 Å². The lowest BCUT2D eigenvalue weighted by Gasteiger charge is -2.14. The Bertz CT molecular complexity index is 657. The SMILES string of the molecule is OC[C@@H]1CC[C@@H](On2cnc3c(NCC4CC4)ncnc32)O1. The quantitative estimate of drug-likeness (QED) is 0.806. The van der Waals surface area contributed by atoms with Crippen LogP contribution in [0, 0.1) is 5.92 Å². The van der Waals surface area contributed by atoms with Crippen LogP contribution in [0.1, 0.15) is 25.7 Å². The molecule has 2 fully saturated rings. The number of fused-ring (bicyclic) bond motifs is 1. The lowest BCUT2D eigenvalue weighted by atomic mass is 10.2. The molecule has 2 aromatic heterocycles. The largest absolute Gasteiger partial charge is 0.394 e. The van der Waals surface area contributed by atoms with E-state index in [1.807, 2.05) is 0 Å². The Kier molecular flexibility index (Phi) is 3.55. The standard InChI is InChI=1S/C14H19N5O3/c20-6-10-3-4-11(21-10)22-19-8-18-12-13(15-5-9-1-2-9)16-7-17-14(12)19/h7-11,20H,1-6H2,(H,15,16,17)/t10-,11+/m0/s1. The van der Waals surface area contributed by atoms with E-state index in [-0.39, 0.29) is 19.0 Å². The first-order valence-electron chi connectivity index (χ1n) is 7.69. The van der Waals surface area contributed by atoms with Crippen molar-refractivity contribution in [1.82, 2.24) is 19.7 Å². The second-order valence-corrected chi connectivity index (χ2v) is 5.84. The molecule has 8 nitrogen and oxygen atoms in total. The molecule has 0 amide bonds. The van der Waals surface area contributed by atoms with Crippen LogP contribution < -0.4 is 10.2 Å². The van der Waals surface area contributed by atoms with Crippen molar-refractivity contribution in [1.29, 1.82) is 0 Å². The number of nitrogens with zero attached hydrogens (tertiary/aromatic N) is 4. The molecule has 1 aliphatic carbocycles. The van der Waals surface area contributed by atoms with Gasteiger partial charge in [0.15, 0.2) is 11.3 Å². The molecule has 2 aliphatic rings. The second-order valence-electron chi connectivity index (χ2n) is 5.84. The van der Waals surface area contributed by atoms with Crippen LogP contribution in [0.5, 0.6) is 0 Å². The van der Waals surface area contributed by atoms with Crippen LogP contribution in [-0.2, 0) is 4.74 Å². The van der Waals surface area contributed by atoms with Crippen molar-refractivity contribution in [2.75, 3.05) is 18.5 Å². The third-order valence-corrected chi connectivity index (χ3v) is 4.06. The van der Waals surface area contributed by atoms with E-state index < -0.39 is 0 Å². The van der Waals surface area contributed by atoms with Gasteiger partial charge in [-0.25, -0.2) is 15.0 Å². The van der Waals surface area contributed by atoms with Crippen molar-refractivity contribution in [3.8, 4) is 0 Å². The predicted molar refractivity (Wildman–Crippen MR) is 78.1 cm³/mol. The Hall–Kier alpha value is -1.93. The molecule has 118 valence electrons. The molecule has 1 saturated heterocycles. The van der Waals surface area contributed by atoms with Crippen LogP contribution in [0.3, 0.4) is 0 Å². The van der Waals surface area contributed by atoms with Crippen molar-refractivity contribution < 1.29 is 14.7 Å². The van der Waals surface area contributed by atoms with E-state index in [1.54, 1.807) is 6.33 Å². The molecule has 8 heteroatoms. The first-order valence-corrected chi connectivity index (χ1v) is 7.69. The summed E-state index contributed by atoms with van der Waals surface area (Å²) in [5.74, 6) is 1.49. The van der Waals surface area contributed by atoms with Crippen LogP contribution in [0.2, 0.25) is 0 Å². The van der Waals surface area contributed by atoms with Crippen LogP contribution in [0.25, 0.3) is 11.2 Å². The fourth-order valence-electron chi connectivity index (χ4n) is 2.60. The average molecular weight is 305 g/mol. The zero-order valence-electron chi connectivity index (χ0n) is 12.2. The molecule has 0 spiro atoms. The third kappa shape index (κ3) is 2.71. The first-order chi connectivity index (χ1) is 10.8. The number of hydrogen-bond acceptors (Lipinski definition) is 7. The predicted octanol–water partition coefficient (Wildman–Crippen LogP) is 0.574. The molecular formula is C14H19N5O3. The Morgan fingerprint density at radius 1 is 1.27 bits per heavy atom. The maximum Gasteiger partial charge on any atom is 0.225 e. The Balaban J connectivity index is 1.50. The number of nitrogens with one attached hydrogen (secondary N) is 1. The number of imidazole rings is 1. The summed E-state index contributed by atoms with van der Waals surface area (Å²) in [4.78, 5) is 18.6. The summed E-state index contributed by atoms with van der Waals surface area (Å²) in [5, 5.41) is 12.4. The molecule has 22 heavy (non-hydrogen) atoms. The van der Waals surface area contributed by atoms with Gasteiger partial charge in [-0.05, 0) is 25.2 Å². The summed E-state index contributed by atoms with van der Waals surface area (Å²) in [6, 6.07) is 0. The molecule has 1 aliphatic heterocycles. The van der Waals surface area contributed by atoms with Crippen molar-refractivity contribution in [2.45, 2.75) is 38.1 Å². The van der Waals surface area contributed by atoms with Gasteiger partial charge in [0.05, 0.1) is 12.7 Å². The maximum atomic E-state index is 9.10. The Morgan fingerprint density at radius 3 is 2.95 bits per heavy atom. The summed E-state index contributed by atoms with van der Waals surface area (Å²) in [5.41, 5.74) is 1.31.